The molecule has 2 aliphatic rings. The van der Waals surface area contributed by atoms with Crippen molar-refractivity contribution in [3.05, 3.63) is 48.4 Å². The van der Waals surface area contributed by atoms with Gasteiger partial charge in [-0.05, 0) is 44.0 Å². The van der Waals surface area contributed by atoms with Crippen LogP contribution >= 0.6 is 0 Å². The molecule has 2 aromatic rings. The lowest BCUT2D eigenvalue weighted by atomic mass is 10.0. The zero-order chi connectivity index (χ0) is 19.5. The van der Waals surface area contributed by atoms with Crippen LogP contribution < -0.4 is 15.0 Å². The molecular weight excluding hydrogens is 358 g/mol. The molecule has 1 atom stereocenters. The number of ether oxygens (including phenoxy) is 1. The highest BCUT2D eigenvalue weighted by Crippen LogP contribution is 2.33. The molecule has 0 unspecified atom stereocenters. The average Bonchev–Trinajstić information content (AvgIpc) is 3.25. The zero-order valence-electron chi connectivity index (χ0n) is 16.0. The van der Waals surface area contributed by atoms with E-state index >= 15 is 0 Å². The van der Waals surface area contributed by atoms with Crippen LogP contribution in [0.3, 0.4) is 0 Å². The lowest BCUT2D eigenvalue weighted by molar-refractivity contribution is -0.120. The smallest absolute Gasteiger partial charge is 0.289 e. The van der Waals surface area contributed by atoms with Gasteiger partial charge >= 0.3 is 0 Å². The molecule has 148 valence electrons. The second kappa shape index (κ2) is 7.96. The van der Waals surface area contributed by atoms with E-state index in [-0.39, 0.29) is 23.9 Å². The van der Waals surface area contributed by atoms with Crippen LogP contribution in [-0.4, -0.2) is 55.0 Å². The predicted octanol–water partition coefficient (Wildman–Crippen LogP) is 2.29. The number of piperidine rings is 1. The van der Waals surface area contributed by atoms with Gasteiger partial charge in [0, 0.05) is 19.1 Å². The zero-order valence-corrected chi connectivity index (χ0v) is 16.0. The summed E-state index contributed by atoms with van der Waals surface area (Å²) in [6.45, 7) is 4.15. The Morgan fingerprint density at radius 2 is 1.93 bits per heavy atom. The maximum absolute atomic E-state index is 12.6. The number of nitrogens with zero attached hydrogens (tertiary/aromatic N) is 2. The van der Waals surface area contributed by atoms with E-state index in [1.54, 1.807) is 17.0 Å². The first kappa shape index (κ1) is 18.4. The van der Waals surface area contributed by atoms with Crippen molar-refractivity contribution in [2.45, 2.75) is 31.8 Å². The molecule has 3 heterocycles. The van der Waals surface area contributed by atoms with E-state index in [0.717, 1.165) is 24.3 Å². The molecule has 7 heteroatoms. The summed E-state index contributed by atoms with van der Waals surface area (Å²) < 4.78 is 10.9. The largest absolute Gasteiger partial charge is 0.489 e. The average molecular weight is 383 g/mol. The molecule has 1 saturated heterocycles. The molecule has 1 aromatic carbocycles. The fraction of sp³-hybridized carbons (Fsp3) is 0.429. The summed E-state index contributed by atoms with van der Waals surface area (Å²) in [6.07, 6.45) is 2.99. The number of carbonyl (C=O) groups excluding carboxylic acids is 2. The van der Waals surface area contributed by atoms with Crippen molar-refractivity contribution < 1.29 is 18.7 Å². The number of furan rings is 1. The molecule has 2 amide bonds. The van der Waals surface area contributed by atoms with Crippen LogP contribution in [0.4, 0.5) is 5.69 Å². The van der Waals surface area contributed by atoms with Gasteiger partial charge in [0.15, 0.2) is 5.76 Å². The number of likely N-dealkylation sites (tertiary alicyclic amines) is 1. The Kier molecular flexibility index (Phi) is 5.23. The van der Waals surface area contributed by atoms with Crippen LogP contribution in [0, 0.1) is 0 Å². The normalized spacial score (nSPS) is 19.7. The third-order valence-corrected chi connectivity index (χ3v) is 5.38. The minimum atomic E-state index is -0.0893. The quantitative estimate of drug-likeness (QED) is 0.877. The SMILES string of the molecule is C[C@H]1COc2ccccc2N1CC(=O)NC1CCN(C(=O)c2ccco2)CC1. The summed E-state index contributed by atoms with van der Waals surface area (Å²) in [5.74, 6) is 1.09. The van der Waals surface area contributed by atoms with Gasteiger partial charge in [-0.15, -0.1) is 0 Å². The number of rotatable bonds is 4. The number of benzene rings is 1. The molecule has 0 saturated carbocycles. The molecule has 2 aliphatic heterocycles. The van der Waals surface area contributed by atoms with Gasteiger partial charge in [0.05, 0.1) is 24.5 Å². The number of hydrogen-bond donors (Lipinski definition) is 1. The van der Waals surface area contributed by atoms with Gasteiger partial charge in [0.25, 0.3) is 5.91 Å². The molecule has 1 fully saturated rings. The lowest BCUT2D eigenvalue weighted by Gasteiger charge is -2.37. The van der Waals surface area contributed by atoms with Crippen LogP contribution in [0.2, 0.25) is 0 Å². The number of nitrogens with one attached hydrogen (secondary N) is 1. The Morgan fingerprint density at radius 3 is 2.68 bits per heavy atom. The van der Waals surface area contributed by atoms with Crippen LogP contribution in [0.5, 0.6) is 5.75 Å². The fourth-order valence-corrected chi connectivity index (χ4v) is 3.81. The van der Waals surface area contributed by atoms with Crippen LogP contribution in [0.1, 0.15) is 30.3 Å². The summed E-state index contributed by atoms with van der Waals surface area (Å²) in [6, 6.07) is 11.4. The monoisotopic (exact) mass is 383 g/mol. The Labute approximate surface area is 164 Å². The molecule has 0 bridgehead atoms. The topological polar surface area (TPSA) is 75.0 Å². The minimum Gasteiger partial charge on any atom is -0.489 e. The minimum absolute atomic E-state index is 0.000589. The van der Waals surface area contributed by atoms with Crippen LogP contribution in [0.15, 0.2) is 47.1 Å². The Bertz CT molecular complexity index is 828. The number of para-hydroxylation sites is 2. The van der Waals surface area contributed by atoms with Crippen molar-refractivity contribution in [3.63, 3.8) is 0 Å². The second-order valence-corrected chi connectivity index (χ2v) is 7.37. The van der Waals surface area contributed by atoms with Gasteiger partial charge in [0.1, 0.15) is 12.4 Å². The van der Waals surface area contributed by atoms with Crippen molar-refractivity contribution in [3.8, 4) is 5.75 Å². The number of carbonyl (C=O) groups is 2. The van der Waals surface area contributed by atoms with Crippen molar-refractivity contribution in [2.24, 2.45) is 0 Å². The number of fused-ring (bicyclic) bond motifs is 1. The lowest BCUT2D eigenvalue weighted by Crippen LogP contribution is -2.51. The van der Waals surface area contributed by atoms with Gasteiger partial charge in [-0.2, -0.15) is 0 Å². The van der Waals surface area contributed by atoms with Crippen molar-refractivity contribution in [1.29, 1.82) is 0 Å². The highest BCUT2D eigenvalue weighted by atomic mass is 16.5. The Morgan fingerprint density at radius 1 is 1.14 bits per heavy atom. The third kappa shape index (κ3) is 3.83. The molecule has 4 rings (SSSR count). The van der Waals surface area contributed by atoms with Crippen LogP contribution in [-0.2, 0) is 4.79 Å². The molecule has 7 nitrogen and oxygen atoms in total. The summed E-state index contributed by atoms with van der Waals surface area (Å²) >= 11 is 0. The van der Waals surface area contributed by atoms with Gasteiger partial charge in [-0.1, -0.05) is 12.1 Å². The van der Waals surface area contributed by atoms with Crippen molar-refractivity contribution in [2.75, 3.05) is 31.1 Å². The van der Waals surface area contributed by atoms with Crippen LogP contribution in [0.25, 0.3) is 0 Å². The standard InChI is InChI=1S/C21H25N3O4/c1-15-14-28-18-6-3-2-5-17(18)24(15)13-20(25)22-16-8-10-23(11-9-16)21(26)19-7-4-12-27-19/h2-7,12,15-16H,8-11,13-14H2,1H3,(H,22,25)/t15-/m0/s1. The first-order chi connectivity index (χ1) is 13.6. The summed E-state index contributed by atoms with van der Waals surface area (Å²) in [4.78, 5) is 28.8. The van der Waals surface area contributed by atoms with Crippen molar-refractivity contribution in [1.82, 2.24) is 10.2 Å². The van der Waals surface area contributed by atoms with E-state index in [4.69, 9.17) is 9.15 Å². The summed E-state index contributed by atoms with van der Waals surface area (Å²) in [5, 5.41) is 3.13. The van der Waals surface area contributed by atoms with Gasteiger partial charge in [0.2, 0.25) is 5.91 Å². The van der Waals surface area contributed by atoms with E-state index in [9.17, 15) is 9.59 Å². The number of hydrogen-bond acceptors (Lipinski definition) is 5. The van der Waals surface area contributed by atoms with Gasteiger partial charge in [-0.3, -0.25) is 9.59 Å². The second-order valence-electron chi connectivity index (χ2n) is 7.37. The number of amides is 2. The first-order valence-corrected chi connectivity index (χ1v) is 9.72. The highest BCUT2D eigenvalue weighted by molar-refractivity contribution is 5.91. The maximum Gasteiger partial charge on any atom is 0.289 e. The molecule has 1 aromatic heterocycles. The van der Waals surface area contributed by atoms with E-state index in [0.29, 0.717) is 32.0 Å². The van der Waals surface area contributed by atoms with E-state index in [1.807, 2.05) is 24.3 Å². The summed E-state index contributed by atoms with van der Waals surface area (Å²) in [7, 11) is 0. The molecule has 0 aliphatic carbocycles. The Balaban J connectivity index is 1.30. The third-order valence-electron chi connectivity index (χ3n) is 5.38. The molecule has 28 heavy (non-hydrogen) atoms. The molecule has 0 radical (unpaired) electrons. The van der Waals surface area contributed by atoms with Gasteiger partial charge < -0.3 is 24.3 Å². The van der Waals surface area contributed by atoms with E-state index in [2.05, 4.69) is 17.1 Å². The molecule has 0 spiro atoms. The molecule has 1 N–H and O–H groups in total. The van der Waals surface area contributed by atoms with E-state index < -0.39 is 0 Å². The molecular formula is C21H25N3O4. The first-order valence-electron chi connectivity index (χ1n) is 9.72. The van der Waals surface area contributed by atoms with Crippen molar-refractivity contribution >= 4 is 17.5 Å². The highest BCUT2D eigenvalue weighted by Gasteiger charge is 2.28. The maximum atomic E-state index is 12.6. The van der Waals surface area contributed by atoms with E-state index in [1.165, 1.54) is 6.26 Å². The summed E-state index contributed by atoms with van der Waals surface area (Å²) in [5.41, 5.74) is 0.954. The number of anilines is 1. The Hall–Kier alpha value is -2.96. The predicted molar refractivity (Wildman–Crippen MR) is 105 cm³/mol. The fourth-order valence-electron chi connectivity index (χ4n) is 3.81. The van der Waals surface area contributed by atoms with Gasteiger partial charge in [-0.25, -0.2) is 0 Å².